The number of carbonyl (C=O) groups is 2. The third-order valence-corrected chi connectivity index (χ3v) is 5.21. The van der Waals surface area contributed by atoms with Gasteiger partial charge in [0.2, 0.25) is 5.91 Å². The minimum absolute atomic E-state index is 0.0556. The number of carbonyl (C=O) groups excluding carboxylic acids is 1. The third-order valence-electron chi connectivity index (χ3n) is 4.84. The van der Waals surface area contributed by atoms with Gasteiger partial charge < -0.3 is 10.0 Å². The van der Waals surface area contributed by atoms with Crippen molar-refractivity contribution < 1.29 is 14.7 Å². The zero-order chi connectivity index (χ0) is 17.5. The molecule has 5 heteroatoms. The maximum absolute atomic E-state index is 12.9. The number of aliphatic carboxylic acids is 1. The number of rotatable bonds is 7. The van der Waals surface area contributed by atoms with Crippen molar-refractivity contribution >= 4 is 23.5 Å². The highest BCUT2D eigenvalue weighted by atomic mass is 35.5. The molecule has 0 saturated heterocycles. The molecular weight excluding hydrogens is 326 g/mol. The molecule has 0 bridgehead atoms. The average molecular weight is 352 g/mol. The van der Waals surface area contributed by atoms with Gasteiger partial charge in [0, 0.05) is 24.0 Å². The van der Waals surface area contributed by atoms with Crippen LogP contribution in [-0.2, 0) is 16.1 Å². The fourth-order valence-electron chi connectivity index (χ4n) is 3.29. The van der Waals surface area contributed by atoms with Crippen LogP contribution in [0.2, 0.25) is 5.02 Å². The SMILES string of the molecule is CCCCN(Cc1ccccc1Cl)C(=O)C1CCC(C(=O)O)CC1. The Hall–Kier alpha value is -1.55. The van der Waals surface area contributed by atoms with E-state index >= 15 is 0 Å². The summed E-state index contributed by atoms with van der Waals surface area (Å²) in [5.74, 6) is -0.936. The molecule has 1 aromatic rings. The molecule has 1 N–H and O–H groups in total. The van der Waals surface area contributed by atoms with E-state index in [4.69, 9.17) is 16.7 Å². The highest BCUT2D eigenvalue weighted by Crippen LogP contribution is 2.31. The average Bonchev–Trinajstić information content (AvgIpc) is 2.59. The maximum atomic E-state index is 12.9. The van der Waals surface area contributed by atoms with Crippen molar-refractivity contribution in [1.29, 1.82) is 0 Å². The van der Waals surface area contributed by atoms with Crippen molar-refractivity contribution in [2.45, 2.75) is 52.0 Å². The van der Waals surface area contributed by atoms with E-state index in [2.05, 4.69) is 6.92 Å². The second-order valence-electron chi connectivity index (χ2n) is 6.59. The van der Waals surface area contributed by atoms with Gasteiger partial charge in [-0.25, -0.2) is 0 Å². The molecular formula is C19H26ClNO3. The maximum Gasteiger partial charge on any atom is 0.306 e. The van der Waals surface area contributed by atoms with Gasteiger partial charge in [-0.05, 0) is 43.7 Å². The Morgan fingerprint density at radius 2 is 1.79 bits per heavy atom. The smallest absolute Gasteiger partial charge is 0.306 e. The number of hydrogen-bond acceptors (Lipinski definition) is 2. The number of unbranched alkanes of at least 4 members (excludes halogenated alkanes) is 1. The summed E-state index contributed by atoms with van der Waals surface area (Å²) >= 11 is 6.24. The molecule has 0 aliphatic heterocycles. The predicted octanol–water partition coefficient (Wildman–Crippen LogP) is 4.36. The van der Waals surface area contributed by atoms with Crippen molar-refractivity contribution in [2.75, 3.05) is 6.54 Å². The van der Waals surface area contributed by atoms with E-state index in [0.29, 0.717) is 37.3 Å². The molecule has 24 heavy (non-hydrogen) atoms. The van der Waals surface area contributed by atoms with E-state index < -0.39 is 5.97 Å². The fourth-order valence-corrected chi connectivity index (χ4v) is 3.49. The summed E-state index contributed by atoms with van der Waals surface area (Å²) in [7, 11) is 0. The predicted molar refractivity (Wildman–Crippen MR) is 94.9 cm³/mol. The Bertz CT molecular complexity index is 567. The molecule has 4 nitrogen and oxygen atoms in total. The normalized spacial score (nSPS) is 20.6. The largest absolute Gasteiger partial charge is 0.481 e. The van der Waals surface area contributed by atoms with Crippen LogP contribution in [0.3, 0.4) is 0 Å². The van der Waals surface area contributed by atoms with E-state index in [1.54, 1.807) is 0 Å². The molecule has 2 rings (SSSR count). The number of carboxylic acid groups (broad SMARTS) is 1. The summed E-state index contributed by atoms with van der Waals surface area (Å²) in [4.78, 5) is 25.9. The third kappa shape index (κ3) is 4.97. The quantitative estimate of drug-likeness (QED) is 0.794. The van der Waals surface area contributed by atoms with Crippen LogP contribution in [0.25, 0.3) is 0 Å². The van der Waals surface area contributed by atoms with Gasteiger partial charge in [-0.3, -0.25) is 9.59 Å². The van der Waals surface area contributed by atoms with E-state index in [1.807, 2.05) is 29.2 Å². The second kappa shape index (κ2) is 9.07. The van der Waals surface area contributed by atoms with Crippen molar-refractivity contribution in [1.82, 2.24) is 4.90 Å². The Morgan fingerprint density at radius 1 is 1.17 bits per heavy atom. The molecule has 0 atom stereocenters. The molecule has 1 aromatic carbocycles. The molecule has 1 fully saturated rings. The minimum atomic E-state index is -0.736. The minimum Gasteiger partial charge on any atom is -0.481 e. The number of benzene rings is 1. The van der Waals surface area contributed by atoms with Gasteiger partial charge in [0.1, 0.15) is 0 Å². The number of hydrogen-bond donors (Lipinski definition) is 1. The van der Waals surface area contributed by atoms with Gasteiger partial charge in [-0.1, -0.05) is 43.1 Å². The van der Waals surface area contributed by atoms with Gasteiger partial charge in [0.25, 0.3) is 0 Å². The van der Waals surface area contributed by atoms with Crippen LogP contribution in [0, 0.1) is 11.8 Å². The van der Waals surface area contributed by atoms with Crippen LogP contribution in [-0.4, -0.2) is 28.4 Å². The first-order valence-electron chi connectivity index (χ1n) is 8.78. The molecule has 132 valence electrons. The monoisotopic (exact) mass is 351 g/mol. The summed E-state index contributed by atoms with van der Waals surface area (Å²) in [5, 5.41) is 9.79. The van der Waals surface area contributed by atoms with Crippen molar-refractivity contribution in [2.24, 2.45) is 11.8 Å². The summed E-state index contributed by atoms with van der Waals surface area (Å²) in [5.41, 5.74) is 0.961. The molecule has 0 spiro atoms. The van der Waals surface area contributed by atoms with Gasteiger partial charge in [0.15, 0.2) is 0 Å². The van der Waals surface area contributed by atoms with Crippen molar-refractivity contribution in [3.63, 3.8) is 0 Å². The van der Waals surface area contributed by atoms with Crippen LogP contribution in [0.4, 0.5) is 0 Å². The van der Waals surface area contributed by atoms with Gasteiger partial charge >= 0.3 is 5.97 Å². The lowest BCUT2D eigenvalue weighted by Gasteiger charge is -2.31. The highest BCUT2D eigenvalue weighted by Gasteiger charge is 2.32. The first-order chi connectivity index (χ1) is 11.5. The van der Waals surface area contributed by atoms with Crippen LogP contribution in [0.15, 0.2) is 24.3 Å². The van der Waals surface area contributed by atoms with E-state index in [9.17, 15) is 9.59 Å². The summed E-state index contributed by atoms with van der Waals surface area (Å²) in [6.07, 6.45) is 4.51. The fraction of sp³-hybridized carbons (Fsp3) is 0.579. The number of nitrogens with zero attached hydrogens (tertiary/aromatic N) is 1. The van der Waals surface area contributed by atoms with Gasteiger partial charge in [-0.2, -0.15) is 0 Å². The topological polar surface area (TPSA) is 57.6 Å². The Kier molecular flexibility index (Phi) is 7.10. The van der Waals surface area contributed by atoms with E-state index in [1.165, 1.54) is 0 Å². The number of carboxylic acids is 1. The molecule has 0 radical (unpaired) electrons. The molecule has 1 saturated carbocycles. The first kappa shape index (κ1) is 18.8. The Morgan fingerprint density at radius 3 is 2.38 bits per heavy atom. The first-order valence-corrected chi connectivity index (χ1v) is 9.15. The summed E-state index contributed by atoms with van der Waals surface area (Å²) in [6, 6.07) is 7.62. The Balaban J connectivity index is 2.03. The molecule has 1 amide bonds. The lowest BCUT2D eigenvalue weighted by atomic mass is 9.81. The zero-order valence-electron chi connectivity index (χ0n) is 14.2. The summed E-state index contributed by atoms with van der Waals surface area (Å²) < 4.78 is 0. The van der Waals surface area contributed by atoms with Crippen LogP contribution >= 0.6 is 11.6 Å². The lowest BCUT2D eigenvalue weighted by Crippen LogP contribution is -2.38. The molecule has 0 aromatic heterocycles. The number of halogens is 1. The molecule has 0 heterocycles. The molecule has 0 unspecified atom stereocenters. The van der Waals surface area contributed by atoms with Crippen LogP contribution < -0.4 is 0 Å². The standard InChI is InChI=1S/C19H26ClNO3/c1-2-3-12-21(13-16-6-4-5-7-17(16)20)18(22)14-8-10-15(11-9-14)19(23)24/h4-7,14-15H,2-3,8-13H2,1H3,(H,23,24). The van der Waals surface area contributed by atoms with Crippen molar-refractivity contribution in [3.8, 4) is 0 Å². The summed E-state index contributed by atoms with van der Waals surface area (Å²) in [6.45, 7) is 3.35. The molecule has 1 aliphatic carbocycles. The highest BCUT2D eigenvalue weighted by molar-refractivity contribution is 6.31. The second-order valence-corrected chi connectivity index (χ2v) is 7.00. The molecule has 1 aliphatic rings. The van der Waals surface area contributed by atoms with Crippen LogP contribution in [0.1, 0.15) is 51.0 Å². The van der Waals surface area contributed by atoms with Crippen molar-refractivity contribution in [3.05, 3.63) is 34.9 Å². The van der Waals surface area contributed by atoms with E-state index in [-0.39, 0.29) is 17.7 Å². The van der Waals surface area contributed by atoms with E-state index in [0.717, 1.165) is 24.9 Å². The van der Waals surface area contributed by atoms with Crippen LogP contribution in [0.5, 0.6) is 0 Å². The lowest BCUT2D eigenvalue weighted by molar-refractivity contribution is -0.145. The Labute approximate surface area is 148 Å². The zero-order valence-corrected chi connectivity index (χ0v) is 15.0. The number of amides is 1. The van der Waals surface area contributed by atoms with Gasteiger partial charge in [-0.15, -0.1) is 0 Å². The van der Waals surface area contributed by atoms with Gasteiger partial charge in [0.05, 0.1) is 5.92 Å².